The smallest absolute Gasteiger partial charge is 0.254 e. The van der Waals surface area contributed by atoms with Gasteiger partial charge in [0.05, 0.1) is 5.56 Å². The van der Waals surface area contributed by atoms with Crippen molar-refractivity contribution in [2.45, 2.75) is 11.9 Å². The highest BCUT2D eigenvalue weighted by Gasteiger charge is 2.11. The summed E-state index contributed by atoms with van der Waals surface area (Å²) in [5.41, 5.74) is 1.36. The summed E-state index contributed by atoms with van der Waals surface area (Å²) < 4.78 is 0. The molecule has 0 spiro atoms. The van der Waals surface area contributed by atoms with Crippen molar-refractivity contribution in [3.05, 3.63) is 59.2 Å². The van der Waals surface area contributed by atoms with E-state index in [0.717, 1.165) is 5.56 Å². The lowest BCUT2D eigenvalue weighted by Gasteiger charge is -2.13. The topological polar surface area (TPSA) is 121 Å². The van der Waals surface area contributed by atoms with Crippen LogP contribution in [0.5, 0.6) is 0 Å². The molecule has 0 saturated heterocycles. The Kier molecular flexibility index (Phi) is 9.48. The van der Waals surface area contributed by atoms with Crippen LogP contribution >= 0.6 is 23.4 Å². The minimum Gasteiger partial charge on any atom is -0.368 e. The van der Waals surface area contributed by atoms with Crippen molar-refractivity contribution >= 4 is 46.8 Å². The van der Waals surface area contributed by atoms with Gasteiger partial charge in [-0.1, -0.05) is 11.6 Å². The van der Waals surface area contributed by atoms with Gasteiger partial charge in [-0.3, -0.25) is 9.59 Å². The summed E-state index contributed by atoms with van der Waals surface area (Å²) >= 11 is 7.43. The summed E-state index contributed by atoms with van der Waals surface area (Å²) in [6, 6.07) is 12.5. The number of aromatic nitrogens is 3. The Bertz CT molecular complexity index is 1130. The minimum atomic E-state index is -0.177. The molecule has 11 heteroatoms. The van der Waals surface area contributed by atoms with Gasteiger partial charge in [0.1, 0.15) is 16.7 Å². The third kappa shape index (κ3) is 7.60. The number of nitrogens with zero attached hydrogens (tertiary/aromatic N) is 3. The molecule has 0 atom stereocenters. The minimum absolute atomic E-state index is 0.0910. The number of carbonyl (C=O) groups excluding carboxylic acids is 2. The molecule has 3 aromatic rings. The molecule has 2 aromatic heterocycles. The molecular weight excluding hydrogens is 474 g/mol. The van der Waals surface area contributed by atoms with Gasteiger partial charge in [0, 0.05) is 56.0 Å². The van der Waals surface area contributed by atoms with Crippen molar-refractivity contribution in [2.24, 2.45) is 0 Å². The Morgan fingerprint density at radius 3 is 2.21 bits per heavy atom. The molecule has 9 nitrogen and oxygen atoms in total. The monoisotopic (exact) mass is 499 g/mol. The third-order valence-corrected chi connectivity index (χ3v) is 5.52. The third-order valence-electron chi connectivity index (χ3n) is 4.56. The lowest BCUT2D eigenvalue weighted by molar-refractivity contribution is -0.118. The number of hydrogen-bond donors (Lipinski definition) is 4. The fourth-order valence-corrected chi connectivity index (χ4v) is 3.65. The van der Waals surface area contributed by atoms with E-state index in [-0.39, 0.29) is 11.8 Å². The van der Waals surface area contributed by atoms with Crippen molar-refractivity contribution in [3.8, 4) is 11.4 Å². The molecule has 0 radical (unpaired) electrons. The Balaban J connectivity index is 1.65. The molecule has 0 aliphatic heterocycles. The molecule has 0 unspecified atom stereocenters. The van der Waals surface area contributed by atoms with Crippen molar-refractivity contribution < 1.29 is 9.59 Å². The molecular formula is C23H26ClN7O2S. The molecule has 1 aromatic carbocycles. The zero-order valence-electron chi connectivity index (χ0n) is 18.9. The van der Waals surface area contributed by atoms with E-state index in [4.69, 9.17) is 11.6 Å². The zero-order valence-corrected chi connectivity index (χ0v) is 20.5. The van der Waals surface area contributed by atoms with E-state index >= 15 is 0 Å². The Morgan fingerprint density at radius 1 is 0.941 bits per heavy atom. The fraction of sp³-hybridized carbons (Fsp3) is 0.261. The molecule has 0 aliphatic rings. The summed E-state index contributed by atoms with van der Waals surface area (Å²) in [5, 5.41) is 13.4. The van der Waals surface area contributed by atoms with Crippen molar-refractivity contribution in [2.75, 3.05) is 43.1 Å². The number of carbonyl (C=O) groups is 2. The van der Waals surface area contributed by atoms with Crippen LogP contribution < -0.4 is 21.3 Å². The predicted molar refractivity (Wildman–Crippen MR) is 136 cm³/mol. The van der Waals surface area contributed by atoms with Crippen LogP contribution in [-0.2, 0) is 4.79 Å². The van der Waals surface area contributed by atoms with Gasteiger partial charge in [-0.05, 0) is 42.7 Å². The van der Waals surface area contributed by atoms with Gasteiger partial charge in [0.2, 0.25) is 5.91 Å². The molecule has 4 N–H and O–H groups in total. The SMILES string of the molecule is CSc1ncccc1C(=O)NCCNc1cc(NCCNC(C)=O)nc(-c2ccc(Cl)cc2)n1. The van der Waals surface area contributed by atoms with E-state index < -0.39 is 0 Å². The van der Waals surface area contributed by atoms with Crippen molar-refractivity contribution in [1.29, 1.82) is 0 Å². The summed E-state index contributed by atoms with van der Waals surface area (Å²) in [6.07, 6.45) is 3.55. The Morgan fingerprint density at radius 2 is 1.59 bits per heavy atom. The van der Waals surface area contributed by atoms with Crippen LogP contribution in [-0.4, -0.2) is 59.2 Å². The summed E-state index contributed by atoms with van der Waals surface area (Å²) in [5.74, 6) is 1.46. The molecule has 0 fully saturated rings. The highest BCUT2D eigenvalue weighted by atomic mass is 35.5. The largest absolute Gasteiger partial charge is 0.368 e. The highest BCUT2D eigenvalue weighted by Crippen LogP contribution is 2.22. The second-order valence-electron chi connectivity index (χ2n) is 7.12. The van der Waals surface area contributed by atoms with Crippen LogP contribution in [0.15, 0.2) is 53.7 Å². The van der Waals surface area contributed by atoms with E-state index in [0.29, 0.717) is 59.3 Å². The van der Waals surface area contributed by atoms with Gasteiger partial charge >= 0.3 is 0 Å². The maximum absolute atomic E-state index is 12.5. The van der Waals surface area contributed by atoms with Gasteiger partial charge in [-0.25, -0.2) is 15.0 Å². The van der Waals surface area contributed by atoms with Crippen LogP contribution in [0, 0.1) is 0 Å². The second-order valence-corrected chi connectivity index (χ2v) is 8.35. The number of amides is 2. The van der Waals surface area contributed by atoms with Gasteiger partial charge < -0.3 is 21.3 Å². The van der Waals surface area contributed by atoms with Gasteiger partial charge in [-0.15, -0.1) is 11.8 Å². The number of thioether (sulfide) groups is 1. The van der Waals surface area contributed by atoms with Crippen LogP contribution in [0.2, 0.25) is 5.02 Å². The number of halogens is 1. The highest BCUT2D eigenvalue weighted by molar-refractivity contribution is 7.98. The number of rotatable bonds is 11. The average Bonchev–Trinajstić information content (AvgIpc) is 2.84. The van der Waals surface area contributed by atoms with Gasteiger partial charge in [0.15, 0.2) is 5.82 Å². The summed E-state index contributed by atoms with van der Waals surface area (Å²) in [6.45, 7) is 3.31. The van der Waals surface area contributed by atoms with Crippen LogP contribution in [0.25, 0.3) is 11.4 Å². The van der Waals surface area contributed by atoms with E-state index in [9.17, 15) is 9.59 Å². The molecule has 34 heavy (non-hydrogen) atoms. The number of pyridine rings is 1. The first-order chi connectivity index (χ1) is 16.5. The molecule has 178 valence electrons. The summed E-state index contributed by atoms with van der Waals surface area (Å²) in [7, 11) is 0. The molecule has 2 heterocycles. The normalized spacial score (nSPS) is 10.4. The lowest BCUT2D eigenvalue weighted by Crippen LogP contribution is -2.29. The maximum atomic E-state index is 12.5. The van der Waals surface area contributed by atoms with E-state index in [2.05, 4.69) is 36.2 Å². The first kappa shape index (κ1) is 25.3. The van der Waals surface area contributed by atoms with Crippen LogP contribution in [0.1, 0.15) is 17.3 Å². The first-order valence-electron chi connectivity index (χ1n) is 10.6. The lowest BCUT2D eigenvalue weighted by atomic mass is 10.2. The van der Waals surface area contributed by atoms with Crippen molar-refractivity contribution in [3.63, 3.8) is 0 Å². The molecule has 0 aliphatic carbocycles. The van der Waals surface area contributed by atoms with Crippen LogP contribution in [0.3, 0.4) is 0 Å². The second kappa shape index (κ2) is 12.8. The quantitative estimate of drug-likeness (QED) is 0.234. The molecule has 2 amide bonds. The maximum Gasteiger partial charge on any atom is 0.254 e. The van der Waals surface area contributed by atoms with Crippen molar-refractivity contribution in [1.82, 2.24) is 25.6 Å². The summed E-state index contributed by atoms with van der Waals surface area (Å²) in [4.78, 5) is 36.9. The van der Waals surface area contributed by atoms with E-state index in [1.165, 1.54) is 18.7 Å². The van der Waals surface area contributed by atoms with Gasteiger partial charge in [0.25, 0.3) is 5.91 Å². The number of anilines is 2. The zero-order chi connectivity index (χ0) is 24.3. The number of benzene rings is 1. The Hall–Kier alpha value is -3.37. The number of hydrogen-bond acceptors (Lipinski definition) is 8. The Labute approximate surface area is 207 Å². The van der Waals surface area contributed by atoms with E-state index in [1.807, 2.05) is 18.4 Å². The van der Waals surface area contributed by atoms with Crippen LogP contribution in [0.4, 0.5) is 11.6 Å². The molecule has 3 rings (SSSR count). The predicted octanol–water partition coefficient (Wildman–Crippen LogP) is 3.30. The average molecular weight is 500 g/mol. The first-order valence-corrected chi connectivity index (χ1v) is 12.2. The standard InChI is InChI=1S/C23H26ClN7O2S/c1-15(32)25-10-11-26-19-14-20(31-21(30-19)16-5-7-17(24)8-6-16)27-12-13-28-22(33)18-4-3-9-29-23(18)34-2/h3-9,14H,10-13H2,1-2H3,(H,25,32)(H,28,33)(H2,26,27,30,31). The fourth-order valence-electron chi connectivity index (χ4n) is 2.97. The van der Waals surface area contributed by atoms with E-state index in [1.54, 1.807) is 36.5 Å². The number of nitrogens with one attached hydrogen (secondary N) is 4. The van der Waals surface area contributed by atoms with Gasteiger partial charge in [-0.2, -0.15) is 0 Å². The molecule has 0 saturated carbocycles. The molecule has 0 bridgehead atoms.